The summed E-state index contributed by atoms with van der Waals surface area (Å²) in [7, 11) is 0. The van der Waals surface area contributed by atoms with Crippen LogP contribution in [0.2, 0.25) is 0 Å². The second kappa shape index (κ2) is 5.90. The topological polar surface area (TPSA) is 105 Å². The molecule has 0 aromatic carbocycles. The number of nitrogens with two attached hydrogens (primary N) is 1. The summed E-state index contributed by atoms with van der Waals surface area (Å²) >= 11 is 0. The van der Waals surface area contributed by atoms with E-state index in [2.05, 4.69) is 15.0 Å². The van der Waals surface area contributed by atoms with E-state index >= 15 is 0 Å². The third-order valence-electron chi connectivity index (χ3n) is 3.77. The van der Waals surface area contributed by atoms with E-state index in [0.717, 1.165) is 33.3 Å². The van der Waals surface area contributed by atoms with Gasteiger partial charge in [0.2, 0.25) is 5.91 Å². The second-order valence-corrected chi connectivity index (χ2v) is 6.12. The molecule has 6 nitrogen and oxygen atoms in total. The first-order chi connectivity index (χ1) is 11.3. The number of hydrogen-bond acceptors (Lipinski definition) is 4. The number of rotatable bonds is 4. The molecule has 0 aliphatic heterocycles. The summed E-state index contributed by atoms with van der Waals surface area (Å²) in [4.78, 5) is 22.6. The summed E-state index contributed by atoms with van der Waals surface area (Å²) in [5, 5.41) is 11.0. The monoisotopic (exact) mass is 322 g/mol. The normalized spacial score (nSPS) is 12.1. The molecule has 0 saturated heterocycles. The van der Waals surface area contributed by atoms with E-state index < -0.39 is 11.5 Å². The van der Waals surface area contributed by atoms with Gasteiger partial charge in [-0.2, -0.15) is 0 Å². The van der Waals surface area contributed by atoms with Crippen molar-refractivity contribution in [1.82, 2.24) is 15.0 Å². The molecule has 6 heteroatoms. The highest BCUT2D eigenvalue weighted by atomic mass is 16.3. The molecule has 0 fully saturated rings. The van der Waals surface area contributed by atoms with Gasteiger partial charge in [0, 0.05) is 58.5 Å². The molecule has 24 heavy (non-hydrogen) atoms. The Hall–Kier alpha value is -2.99. The van der Waals surface area contributed by atoms with Crippen molar-refractivity contribution in [2.45, 2.75) is 19.4 Å². The first-order valence-corrected chi connectivity index (χ1v) is 7.47. The summed E-state index contributed by atoms with van der Waals surface area (Å²) in [6, 6.07) is 3.85. The minimum absolute atomic E-state index is 0.504. The number of carbonyl (C=O) groups is 1. The number of H-pyrrole nitrogens is 1. The van der Waals surface area contributed by atoms with Gasteiger partial charge < -0.3 is 15.8 Å². The van der Waals surface area contributed by atoms with Gasteiger partial charge in [-0.05, 0) is 32.1 Å². The molecular weight excluding hydrogens is 304 g/mol. The Balaban J connectivity index is 2.08. The van der Waals surface area contributed by atoms with Crippen LogP contribution in [-0.4, -0.2) is 26.0 Å². The highest BCUT2D eigenvalue weighted by Crippen LogP contribution is 2.28. The lowest BCUT2D eigenvalue weighted by molar-refractivity contribution is -0.113. The van der Waals surface area contributed by atoms with Crippen LogP contribution in [0.4, 0.5) is 0 Å². The minimum atomic E-state index is -0.968. The third kappa shape index (κ3) is 3.18. The van der Waals surface area contributed by atoms with Crippen LogP contribution in [0.15, 0.2) is 43.0 Å². The maximum atomic E-state index is 10.9. The number of nitrogens with one attached hydrogen (secondary N) is 1. The fraction of sp³-hybridized carbons (Fsp3) is 0.167. The zero-order valence-corrected chi connectivity index (χ0v) is 13.4. The van der Waals surface area contributed by atoms with Crippen LogP contribution in [-0.2, 0) is 10.4 Å². The number of amides is 1. The standard InChI is InChI=1S/C18H18N4O2/c1-18(2,24)14-5-12(7-20-10-14)13-6-15-11(3-4-16(19)23)8-21-17(15)22-9-13/h3-10,24H,1-2H3,(H2,19,23)(H,21,22). The quantitative estimate of drug-likeness (QED) is 0.641. The lowest BCUT2D eigenvalue weighted by atomic mass is 9.97. The van der Waals surface area contributed by atoms with Gasteiger partial charge in [-0.3, -0.25) is 9.78 Å². The smallest absolute Gasteiger partial charge is 0.241 e. The molecule has 4 N–H and O–H groups in total. The number of carbonyl (C=O) groups excluding carboxylic acids is 1. The van der Waals surface area contributed by atoms with E-state index in [1.54, 1.807) is 44.7 Å². The van der Waals surface area contributed by atoms with E-state index in [-0.39, 0.29) is 0 Å². The van der Waals surface area contributed by atoms with Crippen molar-refractivity contribution >= 4 is 23.0 Å². The van der Waals surface area contributed by atoms with Crippen LogP contribution in [0.5, 0.6) is 0 Å². The van der Waals surface area contributed by atoms with Crippen molar-refractivity contribution in [2.24, 2.45) is 5.73 Å². The van der Waals surface area contributed by atoms with Crippen molar-refractivity contribution in [1.29, 1.82) is 0 Å². The predicted octanol–water partition coefficient (Wildman–Crippen LogP) is 2.35. The molecule has 1 amide bonds. The van der Waals surface area contributed by atoms with Gasteiger partial charge in [-0.25, -0.2) is 4.98 Å². The van der Waals surface area contributed by atoms with Gasteiger partial charge in [0.15, 0.2) is 0 Å². The predicted molar refractivity (Wildman–Crippen MR) is 92.8 cm³/mol. The second-order valence-electron chi connectivity index (χ2n) is 6.12. The van der Waals surface area contributed by atoms with Crippen LogP contribution in [0, 0.1) is 0 Å². The SMILES string of the molecule is CC(C)(O)c1cncc(-c2cnc3[nH]cc(C=CC(N)=O)c3c2)c1. The van der Waals surface area contributed by atoms with Gasteiger partial charge in [0.1, 0.15) is 5.65 Å². The van der Waals surface area contributed by atoms with Crippen LogP contribution in [0.1, 0.15) is 25.0 Å². The van der Waals surface area contributed by atoms with Crippen molar-refractivity contribution in [2.75, 3.05) is 0 Å². The van der Waals surface area contributed by atoms with Crippen LogP contribution in [0.3, 0.4) is 0 Å². The zero-order chi connectivity index (χ0) is 17.3. The molecule has 0 aliphatic rings. The maximum Gasteiger partial charge on any atom is 0.241 e. The summed E-state index contributed by atoms with van der Waals surface area (Å²) < 4.78 is 0. The number of primary amides is 1. The van der Waals surface area contributed by atoms with Gasteiger partial charge >= 0.3 is 0 Å². The number of fused-ring (bicyclic) bond motifs is 1. The highest BCUT2D eigenvalue weighted by molar-refractivity contribution is 5.95. The van der Waals surface area contributed by atoms with Gasteiger partial charge in [0.05, 0.1) is 5.60 Å². The number of nitrogens with zero attached hydrogens (tertiary/aromatic N) is 2. The lowest BCUT2D eigenvalue weighted by Gasteiger charge is -2.17. The van der Waals surface area contributed by atoms with Gasteiger partial charge in [-0.15, -0.1) is 0 Å². The third-order valence-corrected chi connectivity index (χ3v) is 3.77. The number of aliphatic hydroxyl groups is 1. The van der Waals surface area contributed by atoms with Crippen LogP contribution < -0.4 is 5.73 Å². The molecular formula is C18H18N4O2. The molecule has 3 rings (SSSR count). The Morgan fingerprint density at radius 2 is 2.00 bits per heavy atom. The van der Waals surface area contributed by atoms with E-state index in [1.807, 2.05) is 12.1 Å². The molecule has 3 aromatic heterocycles. The van der Waals surface area contributed by atoms with E-state index in [0.29, 0.717) is 0 Å². The molecule has 0 bridgehead atoms. The molecule has 122 valence electrons. The van der Waals surface area contributed by atoms with Crippen molar-refractivity contribution < 1.29 is 9.90 Å². The first-order valence-electron chi connectivity index (χ1n) is 7.47. The molecule has 3 heterocycles. The highest BCUT2D eigenvalue weighted by Gasteiger charge is 2.17. The Morgan fingerprint density at radius 3 is 2.71 bits per heavy atom. The summed E-state index contributed by atoms with van der Waals surface area (Å²) in [5.74, 6) is -0.504. The van der Waals surface area contributed by atoms with E-state index in [9.17, 15) is 9.90 Å². The number of hydrogen-bond donors (Lipinski definition) is 3. The maximum absolute atomic E-state index is 10.9. The molecule has 0 saturated carbocycles. The molecule has 0 radical (unpaired) electrons. The average Bonchev–Trinajstić information content (AvgIpc) is 2.94. The number of aromatic nitrogens is 3. The summed E-state index contributed by atoms with van der Waals surface area (Å²) in [6.07, 6.45) is 9.85. The molecule has 0 atom stereocenters. The largest absolute Gasteiger partial charge is 0.386 e. The summed E-state index contributed by atoms with van der Waals surface area (Å²) in [5.41, 5.74) is 8.17. The van der Waals surface area contributed by atoms with Crippen molar-refractivity contribution in [3.8, 4) is 11.1 Å². The van der Waals surface area contributed by atoms with E-state index in [1.165, 1.54) is 6.08 Å². The van der Waals surface area contributed by atoms with Gasteiger partial charge in [0.25, 0.3) is 0 Å². The fourth-order valence-corrected chi connectivity index (χ4v) is 2.42. The Labute approximate surface area is 139 Å². The fourth-order valence-electron chi connectivity index (χ4n) is 2.42. The van der Waals surface area contributed by atoms with Crippen molar-refractivity contribution in [3.63, 3.8) is 0 Å². The molecule has 0 unspecified atom stereocenters. The van der Waals surface area contributed by atoms with Crippen LogP contribution >= 0.6 is 0 Å². The molecule has 0 spiro atoms. The first kappa shape index (κ1) is 15.9. The lowest BCUT2D eigenvalue weighted by Crippen LogP contribution is -2.15. The number of pyridine rings is 2. The van der Waals surface area contributed by atoms with E-state index in [4.69, 9.17) is 5.73 Å². The average molecular weight is 322 g/mol. The van der Waals surface area contributed by atoms with Gasteiger partial charge in [-0.1, -0.05) is 0 Å². The summed E-state index contributed by atoms with van der Waals surface area (Å²) in [6.45, 7) is 3.43. The zero-order valence-electron chi connectivity index (χ0n) is 13.4. The number of aromatic amines is 1. The molecule has 0 aliphatic carbocycles. The van der Waals surface area contributed by atoms with Crippen LogP contribution in [0.25, 0.3) is 28.2 Å². The Kier molecular flexibility index (Phi) is 3.91. The molecule has 3 aromatic rings. The Bertz CT molecular complexity index is 936. The minimum Gasteiger partial charge on any atom is -0.386 e. The Morgan fingerprint density at radius 1 is 1.25 bits per heavy atom. The van der Waals surface area contributed by atoms with Crippen molar-refractivity contribution in [3.05, 3.63) is 54.1 Å².